The highest BCUT2D eigenvalue weighted by Crippen LogP contribution is 2.25. The Bertz CT molecular complexity index is 710. The molecule has 2 N–H and O–H groups in total. The molecule has 8 nitrogen and oxygen atoms in total. The Labute approximate surface area is 140 Å². The van der Waals surface area contributed by atoms with Crippen LogP contribution in [0.2, 0.25) is 0 Å². The van der Waals surface area contributed by atoms with Crippen LogP contribution >= 0.6 is 0 Å². The summed E-state index contributed by atoms with van der Waals surface area (Å²) in [6, 6.07) is 5.80. The van der Waals surface area contributed by atoms with E-state index in [1.165, 1.54) is 12.1 Å². The zero-order valence-corrected chi connectivity index (χ0v) is 13.9. The Hall–Kier alpha value is -2.00. The van der Waals surface area contributed by atoms with E-state index in [2.05, 4.69) is 4.72 Å². The van der Waals surface area contributed by atoms with E-state index in [1.807, 2.05) is 0 Å². The molecule has 0 heterocycles. The smallest absolute Gasteiger partial charge is 0.306 e. The molecule has 1 saturated carbocycles. The van der Waals surface area contributed by atoms with Gasteiger partial charge in [-0.1, -0.05) is 18.2 Å². The first kappa shape index (κ1) is 18.3. The van der Waals surface area contributed by atoms with Crippen molar-refractivity contribution in [1.29, 1.82) is 0 Å². The lowest BCUT2D eigenvalue weighted by atomic mass is 9.87. The fraction of sp³-hybridized carbons (Fsp3) is 0.533. The minimum absolute atomic E-state index is 0.0525. The molecule has 2 rings (SSSR count). The number of benzene rings is 1. The number of hydrogen-bond donors (Lipinski definition) is 2. The predicted octanol–water partition coefficient (Wildman–Crippen LogP) is 1.70. The van der Waals surface area contributed by atoms with Gasteiger partial charge in [0.05, 0.1) is 16.6 Å². The number of carboxylic acid groups (broad SMARTS) is 1. The summed E-state index contributed by atoms with van der Waals surface area (Å²) in [7, 11) is -3.58. The van der Waals surface area contributed by atoms with Gasteiger partial charge < -0.3 is 5.11 Å². The molecule has 0 amide bonds. The van der Waals surface area contributed by atoms with Crippen molar-refractivity contribution in [3.63, 3.8) is 0 Å². The van der Waals surface area contributed by atoms with Gasteiger partial charge in [-0.3, -0.25) is 14.9 Å². The van der Waals surface area contributed by atoms with Crippen LogP contribution in [0.15, 0.2) is 24.3 Å². The summed E-state index contributed by atoms with van der Waals surface area (Å²) in [6.07, 6.45) is 1.93. The van der Waals surface area contributed by atoms with E-state index in [0.29, 0.717) is 31.2 Å². The van der Waals surface area contributed by atoms with Gasteiger partial charge in [-0.25, -0.2) is 13.1 Å². The van der Waals surface area contributed by atoms with E-state index >= 15 is 0 Å². The molecule has 0 unspecified atom stereocenters. The van der Waals surface area contributed by atoms with Crippen molar-refractivity contribution in [2.75, 3.05) is 5.75 Å². The van der Waals surface area contributed by atoms with Crippen LogP contribution in [0, 0.1) is 16.0 Å². The van der Waals surface area contributed by atoms with Gasteiger partial charge in [0, 0.05) is 17.7 Å². The quantitative estimate of drug-likeness (QED) is 0.565. The number of aryl methyl sites for hydroxylation is 1. The maximum Gasteiger partial charge on any atom is 0.306 e. The Balaban J connectivity index is 1.91. The highest BCUT2D eigenvalue weighted by Gasteiger charge is 2.28. The molecule has 0 bridgehead atoms. The van der Waals surface area contributed by atoms with E-state index in [0.717, 1.165) is 0 Å². The van der Waals surface area contributed by atoms with E-state index in [1.54, 1.807) is 12.1 Å². The van der Waals surface area contributed by atoms with Crippen molar-refractivity contribution in [3.05, 3.63) is 39.9 Å². The molecular weight excluding hydrogens is 336 g/mol. The van der Waals surface area contributed by atoms with E-state index in [-0.39, 0.29) is 23.9 Å². The van der Waals surface area contributed by atoms with Crippen LogP contribution in [-0.2, 0) is 21.2 Å². The summed E-state index contributed by atoms with van der Waals surface area (Å²) >= 11 is 0. The van der Waals surface area contributed by atoms with Gasteiger partial charge in [-0.05, 0) is 32.1 Å². The lowest BCUT2D eigenvalue weighted by molar-refractivity contribution is -0.385. The monoisotopic (exact) mass is 356 g/mol. The Morgan fingerprint density at radius 3 is 2.46 bits per heavy atom. The standard InChI is InChI=1S/C15H20N2O6S/c18-15(19)12-5-7-13(8-6-12)16-24(22,23)10-9-11-3-1-2-4-14(11)17(20)21/h1-4,12-13,16H,5-10H2,(H,18,19). The molecule has 0 saturated heterocycles. The third-order valence-corrected chi connectivity index (χ3v) is 5.69. The highest BCUT2D eigenvalue weighted by atomic mass is 32.2. The molecule has 1 aliphatic rings. The maximum atomic E-state index is 12.2. The lowest BCUT2D eigenvalue weighted by Gasteiger charge is -2.26. The molecule has 0 atom stereocenters. The molecule has 0 spiro atoms. The predicted molar refractivity (Wildman–Crippen MR) is 87.1 cm³/mol. The van der Waals surface area contributed by atoms with Gasteiger partial charge >= 0.3 is 5.97 Å². The number of nitro benzene ring substituents is 1. The molecular formula is C15H20N2O6S. The Morgan fingerprint density at radius 1 is 1.25 bits per heavy atom. The van der Waals surface area contributed by atoms with Gasteiger partial charge in [0.1, 0.15) is 0 Å². The second-order valence-corrected chi connectivity index (χ2v) is 7.83. The van der Waals surface area contributed by atoms with Crippen molar-refractivity contribution in [2.45, 2.75) is 38.1 Å². The fourth-order valence-electron chi connectivity index (χ4n) is 2.92. The topological polar surface area (TPSA) is 127 Å². The van der Waals surface area contributed by atoms with Crippen LogP contribution in [0.5, 0.6) is 0 Å². The van der Waals surface area contributed by atoms with E-state index < -0.39 is 26.8 Å². The first-order valence-electron chi connectivity index (χ1n) is 7.73. The molecule has 9 heteroatoms. The lowest BCUT2D eigenvalue weighted by Crippen LogP contribution is -2.40. The second-order valence-electron chi connectivity index (χ2n) is 5.96. The number of hydrogen-bond acceptors (Lipinski definition) is 5. The first-order valence-corrected chi connectivity index (χ1v) is 9.39. The summed E-state index contributed by atoms with van der Waals surface area (Å²) in [6.45, 7) is 0. The van der Waals surface area contributed by atoms with Gasteiger partial charge in [0.2, 0.25) is 10.0 Å². The van der Waals surface area contributed by atoms with Crippen LogP contribution in [0.1, 0.15) is 31.2 Å². The number of rotatable bonds is 7. The summed E-state index contributed by atoms with van der Waals surface area (Å²) in [5, 5.41) is 19.9. The van der Waals surface area contributed by atoms with Crippen molar-refractivity contribution in [3.8, 4) is 0 Å². The second kappa shape index (κ2) is 7.71. The first-order chi connectivity index (χ1) is 11.3. The number of para-hydroxylation sites is 1. The van der Waals surface area contributed by atoms with Crippen LogP contribution in [-0.4, -0.2) is 36.2 Å². The number of aliphatic carboxylic acids is 1. The largest absolute Gasteiger partial charge is 0.481 e. The van der Waals surface area contributed by atoms with Crippen molar-refractivity contribution in [2.24, 2.45) is 5.92 Å². The molecule has 0 aliphatic heterocycles. The number of carbonyl (C=O) groups is 1. The number of nitro groups is 1. The van der Waals surface area contributed by atoms with Gasteiger partial charge in [0.15, 0.2) is 0 Å². The minimum atomic E-state index is -3.58. The zero-order valence-electron chi connectivity index (χ0n) is 13.1. The average Bonchev–Trinajstić information content (AvgIpc) is 2.53. The Morgan fingerprint density at radius 2 is 1.88 bits per heavy atom. The number of nitrogens with one attached hydrogen (secondary N) is 1. The fourth-order valence-corrected chi connectivity index (χ4v) is 4.27. The maximum absolute atomic E-state index is 12.2. The average molecular weight is 356 g/mol. The van der Waals surface area contributed by atoms with Crippen molar-refractivity contribution in [1.82, 2.24) is 4.72 Å². The summed E-state index contributed by atoms with van der Waals surface area (Å²) in [5.41, 5.74) is 0.289. The van der Waals surface area contributed by atoms with E-state index in [9.17, 15) is 23.3 Å². The van der Waals surface area contributed by atoms with Gasteiger partial charge in [0.25, 0.3) is 5.69 Å². The normalized spacial score (nSPS) is 21.3. The zero-order chi connectivity index (χ0) is 17.7. The number of carboxylic acids is 1. The molecule has 1 aromatic rings. The molecule has 24 heavy (non-hydrogen) atoms. The third kappa shape index (κ3) is 5.00. The van der Waals surface area contributed by atoms with Crippen LogP contribution in [0.25, 0.3) is 0 Å². The molecule has 0 aromatic heterocycles. The van der Waals surface area contributed by atoms with Crippen LogP contribution in [0.4, 0.5) is 5.69 Å². The number of sulfonamides is 1. The number of nitrogens with zero attached hydrogens (tertiary/aromatic N) is 1. The highest BCUT2D eigenvalue weighted by molar-refractivity contribution is 7.89. The summed E-state index contributed by atoms with van der Waals surface area (Å²) < 4.78 is 26.9. The van der Waals surface area contributed by atoms with Crippen LogP contribution < -0.4 is 4.72 Å². The molecule has 1 fully saturated rings. The van der Waals surface area contributed by atoms with Gasteiger partial charge in [-0.2, -0.15) is 0 Å². The van der Waals surface area contributed by atoms with Crippen molar-refractivity contribution < 1.29 is 23.2 Å². The summed E-state index contributed by atoms with van der Waals surface area (Å²) in [5.74, 6) is -1.48. The third-order valence-electron chi connectivity index (χ3n) is 4.25. The van der Waals surface area contributed by atoms with Crippen molar-refractivity contribution >= 4 is 21.7 Å². The SMILES string of the molecule is O=C(O)C1CCC(NS(=O)(=O)CCc2ccccc2[N+](=O)[O-])CC1. The molecule has 1 aliphatic carbocycles. The molecule has 132 valence electrons. The van der Waals surface area contributed by atoms with Crippen LogP contribution in [0.3, 0.4) is 0 Å². The van der Waals surface area contributed by atoms with E-state index in [4.69, 9.17) is 5.11 Å². The molecule has 0 radical (unpaired) electrons. The Kier molecular flexibility index (Phi) is 5.89. The van der Waals surface area contributed by atoms with Gasteiger partial charge in [-0.15, -0.1) is 0 Å². The molecule has 1 aromatic carbocycles. The minimum Gasteiger partial charge on any atom is -0.481 e. The summed E-state index contributed by atoms with van der Waals surface area (Å²) in [4.78, 5) is 21.3.